The average Bonchev–Trinajstić information content (AvgIpc) is 2.91. The van der Waals surface area contributed by atoms with Crippen LogP contribution in [0.4, 0.5) is 10.5 Å². The first-order valence-corrected chi connectivity index (χ1v) is 7.33. The molecule has 0 radical (unpaired) electrons. The summed E-state index contributed by atoms with van der Waals surface area (Å²) in [4.78, 5) is 27.7. The lowest BCUT2D eigenvalue weighted by Gasteiger charge is -2.26. The van der Waals surface area contributed by atoms with Crippen LogP contribution in [0.5, 0.6) is 0 Å². The van der Waals surface area contributed by atoms with Gasteiger partial charge in [0.2, 0.25) is 5.91 Å². The summed E-state index contributed by atoms with van der Waals surface area (Å²) in [6.07, 6.45) is 1.53. The van der Waals surface area contributed by atoms with Crippen molar-refractivity contribution in [2.45, 2.75) is 25.8 Å². The lowest BCUT2D eigenvalue weighted by molar-refractivity contribution is -0.132. The monoisotopic (exact) mass is 309 g/mol. The first-order valence-electron chi connectivity index (χ1n) is 6.95. The first kappa shape index (κ1) is 15.6. The van der Waals surface area contributed by atoms with Crippen molar-refractivity contribution in [3.8, 4) is 0 Å². The number of anilines is 1. The molecule has 1 saturated heterocycles. The van der Waals surface area contributed by atoms with Crippen molar-refractivity contribution in [3.63, 3.8) is 0 Å². The SMILES string of the molecule is Cc1cccc(Cl)c1NC(=O)N1CCC[C@H]1C(=O)N(C)C. The van der Waals surface area contributed by atoms with E-state index in [0.717, 1.165) is 12.0 Å². The Morgan fingerprint density at radius 1 is 1.38 bits per heavy atom. The van der Waals surface area contributed by atoms with Crippen LogP contribution in [0.2, 0.25) is 5.02 Å². The Morgan fingerprint density at radius 3 is 2.71 bits per heavy atom. The molecule has 0 spiro atoms. The highest BCUT2D eigenvalue weighted by molar-refractivity contribution is 6.33. The van der Waals surface area contributed by atoms with Crippen LogP contribution in [0.1, 0.15) is 18.4 Å². The minimum Gasteiger partial charge on any atom is -0.347 e. The molecule has 0 saturated carbocycles. The number of carbonyl (C=O) groups is 2. The molecule has 0 bridgehead atoms. The molecule has 0 aromatic heterocycles. The number of halogens is 1. The van der Waals surface area contributed by atoms with Gasteiger partial charge in [0.05, 0.1) is 10.7 Å². The maximum absolute atomic E-state index is 12.4. The van der Waals surface area contributed by atoms with Gasteiger partial charge in [0, 0.05) is 20.6 Å². The summed E-state index contributed by atoms with van der Waals surface area (Å²) in [5, 5.41) is 3.33. The number of carbonyl (C=O) groups excluding carboxylic acids is 2. The quantitative estimate of drug-likeness (QED) is 0.913. The Labute approximate surface area is 129 Å². The third-order valence-corrected chi connectivity index (χ3v) is 4.01. The van der Waals surface area contributed by atoms with Crippen molar-refractivity contribution >= 4 is 29.2 Å². The predicted molar refractivity (Wildman–Crippen MR) is 83.6 cm³/mol. The highest BCUT2D eigenvalue weighted by atomic mass is 35.5. The van der Waals surface area contributed by atoms with E-state index in [2.05, 4.69) is 5.32 Å². The number of aryl methyl sites for hydroxylation is 1. The molecule has 21 heavy (non-hydrogen) atoms. The second-order valence-corrected chi connectivity index (χ2v) is 5.85. The van der Waals surface area contributed by atoms with Gasteiger partial charge >= 0.3 is 6.03 Å². The van der Waals surface area contributed by atoms with E-state index in [1.54, 1.807) is 25.1 Å². The van der Waals surface area contributed by atoms with Crippen LogP contribution in [-0.2, 0) is 4.79 Å². The largest absolute Gasteiger partial charge is 0.347 e. The summed E-state index contributed by atoms with van der Waals surface area (Å²) < 4.78 is 0. The minimum atomic E-state index is -0.386. The van der Waals surface area contributed by atoms with E-state index in [-0.39, 0.29) is 18.0 Å². The van der Waals surface area contributed by atoms with Crippen LogP contribution in [-0.4, -0.2) is 48.4 Å². The van der Waals surface area contributed by atoms with E-state index in [1.165, 1.54) is 4.90 Å². The molecule has 5 nitrogen and oxygen atoms in total. The van der Waals surface area contributed by atoms with Crippen molar-refractivity contribution in [1.29, 1.82) is 0 Å². The number of benzene rings is 1. The van der Waals surface area contributed by atoms with Crippen LogP contribution in [0, 0.1) is 6.92 Å². The average molecular weight is 310 g/mol. The number of nitrogens with zero attached hydrogens (tertiary/aromatic N) is 2. The Morgan fingerprint density at radius 2 is 2.10 bits per heavy atom. The zero-order valence-electron chi connectivity index (χ0n) is 12.5. The molecule has 1 aromatic rings. The summed E-state index contributed by atoms with van der Waals surface area (Å²) in [6, 6.07) is 4.79. The van der Waals surface area contributed by atoms with Crippen molar-refractivity contribution in [2.24, 2.45) is 0 Å². The van der Waals surface area contributed by atoms with Crippen molar-refractivity contribution in [1.82, 2.24) is 9.80 Å². The summed E-state index contributed by atoms with van der Waals surface area (Å²) in [7, 11) is 3.41. The van der Waals surface area contributed by atoms with Gasteiger partial charge in [-0.15, -0.1) is 0 Å². The molecule has 6 heteroatoms. The first-order chi connectivity index (χ1) is 9.91. The summed E-state index contributed by atoms with van der Waals surface area (Å²) in [5.41, 5.74) is 1.50. The van der Waals surface area contributed by atoms with E-state index in [1.807, 2.05) is 19.1 Å². The van der Waals surface area contributed by atoms with Crippen molar-refractivity contribution in [3.05, 3.63) is 28.8 Å². The molecule has 1 fully saturated rings. The van der Waals surface area contributed by atoms with Gasteiger partial charge in [-0.05, 0) is 31.4 Å². The van der Waals surface area contributed by atoms with Crippen LogP contribution in [0.25, 0.3) is 0 Å². The van der Waals surface area contributed by atoms with Gasteiger partial charge in [-0.2, -0.15) is 0 Å². The van der Waals surface area contributed by atoms with E-state index in [9.17, 15) is 9.59 Å². The zero-order valence-corrected chi connectivity index (χ0v) is 13.3. The molecule has 2 rings (SSSR count). The molecule has 1 aromatic carbocycles. The number of amides is 3. The van der Waals surface area contributed by atoms with Gasteiger partial charge in [-0.25, -0.2) is 4.79 Å². The molecular formula is C15H20ClN3O2. The van der Waals surface area contributed by atoms with Gasteiger partial charge in [-0.3, -0.25) is 4.79 Å². The predicted octanol–water partition coefficient (Wildman–Crippen LogP) is 2.73. The van der Waals surface area contributed by atoms with E-state index >= 15 is 0 Å². The number of hydrogen-bond donors (Lipinski definition) is 1. The molecule has 3 amide bonds. The van der Waals surface area contributed by atoms with Gasteiger partial charge in [0.25, 0.3) is 0 Å². The smallest absolute Gasteiger partial charge is 0.322 e. The molecule has 0 unspecified atom stereocenters. The molecule has 114 valence electrons. The summed E-state index contributed by atoms with van der Waals surface area (Å²) in [6.45, 7) is 2.47. The standard InChI is InChI=1S/C15H20ClN3O2/c1-10-6-4-7-11(16)13(10)17-15(21)19-9-5-8-12(19)14(20)18(2)3/h4,6-7,12H,5,8-9H2,1-3H3,(H,17,21)/t12-/m0/s1. The molecule has 0 aliphatic carbocycles. The number of hydrogen-bond acceptors (Lipinski definition) is 2. The lowest BCUT2D eigenvalue weighted by Crippen LogP contribution is -2.47. The molecule has 1 heterocycles. The number of likely N-dealkylation sites (tertiary alicyclic amines) is 1. The molecule has 1 aliphatic heterocycles. The number of nitrogens with one attached hydrogen (secondary N) is 1. The number of urea groups is 1. The summed E-state index contributed by atoms with van der Waals surface area (Å²) >= 11 is 6.12. The maximum atomic E-state index is 12.4. The Bertz CT molecular complexity index is 540. The minimum absolute atomic E-state index is 0.0430. The van der Waals surface area contributed by atoms with Crippen LogP contribution in [0.3, 0.4) is 0 Å². The fourth-order valence-corrected chi connectivity index (χ4v) is 2.80. The molecule has 1 aliphatic rings. The van der Waals surface area contributed by atoms with Crippen LogP contribution >= 0.6 is 11.6 Å². The van der Waals surface area contributed by atoms with Gasteiger partial charge in [-0.1, -0.05) is 23.7 Å². The van der Waals surface area contributed by atoms with E-state index in [4.69, 9.17) is 11.6 Å². The second kappa shape index (κ2) is 6.35. The van der Waals surface area contributed by atoms with Crippen LogP contribution in [0.15, 0.2) is 18.2 Å². The Kier molecular flexibility index (Phi) is 4.73. The third kappa shape index (κ3) is 3.29. The third-order valence-electron chi connectivity index (χ3n) is 3.69. The normalized spacial score (nSPS) is 17.7. The van der Waals surface area contributed by atoms with Gasteiger partial charge in [0.15, 0.2) is 0 Å². The fraction of sp³-hybridized carbons (Fsp3) is 0.467. The van der Waals surface area contributed by atoms with Crippen molar-refractivity contribution < 1.29 is 9.59 Å². The second-order valence-electron chi connectivity index (χ2n) is 5.45. The fourth-order valence-electron chi connectivity index (χ4n) is 2.53. The van der Waals surface area contributed by atoms with Gasteiger partial charge < -0.3 is 15.1 Å². The Balaban J connectivity index is 2.14. The number of likely N-dealkylation sites (N-methyl/N-ethyl adjacent to an activating group) is 1. The van der Waals surface area contributed by atoms with E-state index in [0.29, 0.717) is 23.7 Å². The molecular weight excluding hydrogens is 290 g/mol. The highest BCUT2D eigenvalue weighted by Gasteiger charge is 2.35. The zero-order chi connectivity index (χ0) is 15.6. The molecule has 1 atom stereocenters. The number of para-hydroxylation sites is 1. The van der Waals surface area contributed by atoms with Crippen molar-refractivity contribution in [2.75, 3.05) is 26.0 Å². The Hall–Kier alpha value is -1.75. The van der Waals surface area contributed by atoms with E-state index < -0.39 is 0 Å². The topological polar surface area (TPSA) is 52.7 Å². The van der Waals surface area contributed by atoms with Gasteiger partial charge in [0.1, 0.15) is 6.04 Å². The highest BCUT2D eigenvalue weighted by Crippen LogP contribution is 2.27. The van der Waals surface area contributed by atoms with Crippen LogP contribution < -0.4 is 5.32 Å². The summed E-state index contributed by atoms with van der Waals surface area (Å²) in [5.74, 6) is -0.0430. The molecule has 1 N–H and O–H groups in total. The maximum Gasteiger partial charge on any atom is 0.322 e. The number of rotatable bonds is 2. The lowest BCUT2D eigenvalue weighted by atomic mass is 10.2.